The van der Waals surface area contributed by atoms with Gasteiger partial charge in [-0.25, -0.2) is 4.39 Å². The van der Waals surface area contributed by atoms with Crippen LogP contribution < -0.4 is 0 Å². The Hall–Kier alpha value is -1.83. The van der Waals surface area contributed by atoms with Gasteiger partial charge in [-0.1, -0.05) is 5.16 Å². The van der Waals surface area contributed by atoms with Crippen LogP contribution in [0.3, 0.4) is 0 Å². The van der Waals surface area contributed by atoms with Crippen LogP contribution in [0.5, 0.6) is 0 Å². The number of nitrogens with zero attached hydrogens (tertiary/aromatic N) is 3. The van der Waals surface area contributed by atoms with Gasteiger partial charge in [0.1, 0.15) is 5.82 Å². The highest BCUT2D eigenvalue weighted by Crippen LogP contribution is 2.16. The molecule has 22 heavy (non-hydrogen) atoms. The third-order valence-corrected chi connectivity index (χ3v) is 3.15. The van der Waals surface area contributed by atoms with Gasteiger partial charge in [-0.2, -0.15) is 4.98 Å². The van der Waals surface area contributed by atoms with Gasteiger partial charge in [0.2, 0.25) is 11.7 Å². The van der Waals surface area contributed by atoms with Gasteiger partial charge < -0.3 is 14.0 Å². The summed E-state index contributed by atoms with van der Waals surface area (Å²) >= 11 is 0. The van der Waals surface area contributed by atoms with Gasteiger partial charge in [-0.05, 0) is 24.3 Å². The van der Waals surface area contributed by atoms with Crippen molar-refractivity contribution in [3.63, 3.8) is 0 Å². The largest absolute Gasteiger partial charge is 0.383 e. The number of halogens is 1. The quantitative estimate of drug-likeness (QED) is 0.706. The van der Waals surface area contributed by atoms with Gasteiger partial charge in [0, 0.05) is 32.9 Å². The van der Waals surface area contributed by atoms with Crippen LogP contribution in [0.1, 0.15) is 5.89 Å². The van der Waals surface area contributed by atoms with Crippen molar-refractivity contribution in [3.8, 4) is 11.4 Å². The van der Waals surface area contributed by atoms with Crippen molar-refractivity contribution >= 4 is 0 Å². The molecule has 0 unspecified atom stereocenters. The molecule has 0 fully saturated rings. The zero-order valence-corrected chi connectivity index (χ0v) is 12.8. The van der Waals surface area contributed by atoms with Gasteiger partial charge >= 0.3 is 0 Å². The second-order valence-corrected chi connectivity index (χ2v) is 4.78. The van der Waals surface area contributed by atoms with Crippen LogP contribution in [-0.2, 0) is 16.0 Å². The summed E-state index contributed by atoms with van der Waals surface area (Å²) in [6.45, 7) is 3.23. The summed E-state index contributed by atoms with van der Waals surface area (Å²) in [4.78, 5) is 6.45. The van der Waals surface area contributed by atoms with E-state index in [2.05, 4.69) is 15.0 Å². The molecule has 2 aromatic rings. The van der Waals surface area contributed by atoms with Gasteiger partial charge in [-0.15, -0.1) is 0 Å². The molecule has 1 aromatic heterocycles. The summed E-state index contributed by atoms with van der Waals surface area (Å²) in [5, 5.41) is 3.93. The van der Waals surface area contributed by atoms with Gasteiger partial charge in [-0.3, -0.25) is 4.90 Å². The zero-order valence-electron chi connectivity index (χ0n) is 12.8. The smallest absolute Gasteiger partial charge is 0.241 e. The Morgan fingerprint density at radius 1 is 1.09 bits per heavy atom. The van der Waals surface area contributed by atoms with Crippen LogP contribution in [-0.4, -0.2) is 55.6 Å². The number of aromatic nitrogens is 2. The van der Waals surface area contributed by atoms with E-state index in [1.807, 2.05) is 0 Å². The molecule has 7 heteroatoms. The highest BCUT2D eigenvalue weighted by atomic mass is 19.1. The van der Waals surface area contributed by atoms with E-state index < -0.39 is 0 Å². The summed E-state index contributed by atoms with van der Waals surface area (Å²) in [5.41, 5.74) is 0.719. The highest BCUT2D eigenvalue weighted by Gasteiger charge is 2.13. The van der Waals surface area contributed by atoms with Crippen molar-refractivity contribution in [2.45, 2.75) is 6.54 Å². The van der Waals surface area contributed by atoms with E-state index in [0.717, 1.165) is 18.7 Å². The summed E-state index contributed by atoms with van der Waals surface area (Å²) in [5.74, 6) is 0.665. The average molecular weight is 309 g/mol. The summed E-state index contributed by atoms with van der Waals surface area (Å²) in [7, 11) is 3.32. The fourth-order valence-corrected chi connectivity index (χ4v) is 1.94. The molecule has 0 saturated heterocycles. The monoisotopic (exact) mass is 309 g/mol. The Balaban J connectivity index is 2.00. The molecule has 2 rings (SSSR count). The van der Waals surface area contributed by atoms with Gasteiger partial charge in [0.15, 0.2) is 0 Å². The third kappa shape index (κ3) is 4.87. The van der Waals surface area contributed by atoms with Crippen LogP contribution >= 0.6 is 0 Å². The molecule has 1 heterocycles. The van der Waals surface area contributed by atoms with Crippen molar-refractivity contribution < 1.29 is 18.4 Å². The molecule has 0 saturated carbocycles. The summed E-state index contributed by atoms with van der Waals surface area (Å²) in [6, 6.07) is 5.98. The Bertz CT molecular complexity index is 551. The number of benzene rings is 1. The summed E-state index contributed by atoms with van der Waals surface area (Å²) in [6.07, 6.45) is 0. The SMILES string of the molecule is COCCN(CCOC)Cc1nc(-c2ccc(F)cc2)no1. The predicted octanol–water partition coefficient (Wildman–Crippen LogP) is 1.97. The molecule has 0 bridgehead atoms. The van der Waals surface area contributed by atoms with Crippen molar-refractivity contribution in [2.24, 2.45) is 0 Å². The molecule has 0 atom stereocenters. The van der Waals surface area contributed by atoms with Crippen molar-refractivity contribution in [2.75, 3.05) is 40.5 Å². The number of hydrogen-bond donors (Lipinski definition) is 0. The Morgan fingerprint density at radius 3 is 2.32 bits per heavy atom. The normalized spacial score (nSPS) is 11.3. The van der Waals surface area contributed by atoms with E-state index >= 15 is 0 Å². The summed E-state index contributed by atoms with van der Waals surface area (Å²) < 4.78 is 28.4. The Labute approximate surface area is 128 Å². The average Bonchev–Trinajstić information content (AvgIpc) is 2.99. The van der Waals surface area contributed by atoms with Crippen molar-refractivity contribution in [3.05, 3.63) is 36.0 Å². The molecule has 1 aromatic carbocycles. The van der Waals surface area contributed by atoms with E-state index in [9.17, 15) is 4.39 Å². The highest BCUT2D eigenvalue weighted by molar-refractivity contribution is 5.53. The van der Waals surface area contributed by atoms with Crippen molar-refractivity contribution in [1.82, 2.24) is 15.0 Å². The lowest BCUT2D eigenvalue weighted by atomic mass is 10.2. The molecule has 0 aliphatic heterocycles. The Kier molecular flexibility index (Phi) is 6.45. The van der Waals surface area contributed by atoms with Crippen LogP contribution in [0.25, 0.3) is 11.4 Å². The minimum atomic E-state index is -0.294. The molecule has 0 spiro atoms. The second kappa shape index (κ2) is 8.57. The van der Waals surface area contributed by atoms with Crippen LogP contribution in [0.4, 0.5) is 4.39 Å². The number of methoxy groups -OCH3 is 2. The zero-order chi connectivity index (χ0) is 15.8. The maximum atomic E-state index is 12.9. The first-order valence-corrected chi connectivity index (χ1v) is 7.01. The first-order valence-electron chi connectivity index (χ1n) is 7.01. The number of ether oxygens (including phenoxy) is 2. The minimum Gasteiger partial charge on any atom is -0.383 e. The van der Waals surface area contributed by atoms with Gasteiger partial charge in [0.05, 0.1) is 19.8 Å². The molecule has 0 radical (unpaired) electrons. The van der Waals surface area contributed by atoms with Crippen LogP contribution in [0.2, 0.25) is 0 Å². The maximum Gasteiger partial charge on any atom is 0.241 e. The van der Waals surface area contributed by atoms with E-state index in [0.29, 0.717) is 31.5 Å². The van der Waals surface area contributed by atoms with E-state index in [1.165, 1.54) is 12.1 Å². The van der Waals surface area contributed by atoms with E-state index in [-0.39, 0.29) is 5.82 Å². The number of rotatable bonds is 9. The molecular formula is C15H20FN3O3. The fraction of sp³-hybridized carbons (Fsp3) is 0.467. The van der Waals surface area contributed by atoms with Gasteiger partial charge in [0.25, 0.3) is 0 Å². The fourth-order valence-electron chi connectivity index (χ4n) is 1.94. The minimum absolute atomic E-state index is 0.294. The standard InChI is InChI=1S/C15H20FN3O3/c1-20-9-7-19(8-10-21-2)11-14-17-15(18-22-14)12-3-5-13(16)6-4-12/h3-6H,7-11H2,1-2H3. The van der Waals surface area contributed by atoms with E-state index in [4.69, 9.17) is 14.0 Å². The lowest BCUT2D eigenvalue weighted by Gasteiger charge is -2.19. The predicted molar refractivity (Wildman–Crippen MR) is 78.7 cm³/mol. The lowest BCUT2D eigenvalue weighted by molar-refractivity contribution is 0.103. The third-order valence-electron chi connectivity index (χ3n) is 3.15. The van der Waals surface area contributed by atoms with E-state index in [1.54, 1.807) is 26.4 Å². The van der Waals surface area contributed by atoms with Crippen LogP contribution in [0, 0.1) is 5.82 Å². The first kappa shape index (κ1) is 16.5. The van der Waals surface area contributed by atoms with Crippen molar-refractivity contribution in [1.29, 1.82) is 0 Å². The molecular weight excluding hydrogens is 289 g/mol. The first-order chi connectivity index (χ1) is 10.7. The lowest BCUT2D eigenvalue weighted by Crippen LogP contribution is -2.30. The maximum absolute atomic E-state index is 12.9. The topological polar surface area (TPSA) is 60.6 Å². The molecule has 0 aliphatic rings. The second-order valence-electron chi connectivity index (χ2n) is 4.78. The molecule has 0 N–H and O–H groups in total. The molecule has 0 aliphatic carbocycles. The Morgan fingerprint density at radius 2 is 1.73 bits per heavy atom. The van der Waals surface area contributed by atoms with Crippen LogP contribution in [0.15, 0.2) is 28.8 Å². The molecule has 120 valence electrons. The molecule has 0 amide bonds. The number of hydrogen-bond acceptors (Lipinski definition) is 6. The molecule has 6 nitrogen and oxygen atoms in total.